The Hall–Kier alpha value is -0.110. The van der Waals surface area contributed by atoms with E-state index < -0.39 is 0 Å². The first kappa shape index (κ1) is 7.89. The lowest BCUT2D eigenvalue weighted by Gasteiger charge is -1.87. The molecule has 0 spiro atoms. The molecule has 0 bridgehead atoms. The molecule has 0 fully saturated rings. The zero-order valence-electron chi connectivity index (χ0n) is 5.40. The minimum absolute atomic E-state index is 0.924. The van der Waals surface area contributed by atoms with Crippen LogP contribution in [0.5, 0.6) is 0 Å². The first-order valence-electron chi connectivity index (χ1n) is 2.50. The largest absolute Gasteiger partial charge is 0.251 e. The van der Waals surface area contributed by atoms with Crippen LogP contribution >= 0.6 is 15.9 Å². The fraction of sp³-hybridized carbons (Fsp3) is 0.500. The van der Waals surface area contributed by atoms with Crippen molar-refractivity contribution in [3.8, 4) is 0 Å². The number of hydrogen-bond donors (Lipinski definition) is 0. The molecule has 0 aliphatic rings. The van der Waals surface area contributed by atoms with Crippen LogP contribution in [0.25, 0.3) is 0 Å². The molecule has 0 aliphatic heterocycles. The highest BCUT2D eigenvalue weighted by Crippen LogP contribution is 1.97. The Morgan fingerprint density at radius 2 is 2.00 bits per heavy atom. The van der Waals surface area contributed by atoms with Crippen molar-refractivity contribution in [2.75, 3.05) is 0 Å². The van der Waals surface area contributed by atoms with Gasteiger partial charge in [0.1, 0.15) is 0 Å². The quantitative estimate of drug-likeness (QED) is 0.544. The molecule has 0 heterocycles. The minimum Gasteiger partial charge on any atom is -0.251 e. The molecular weight excluding hydrogens is 166 g/mol. The summed E-state index contributed by atoms with van der Waals surface area (Å²) in [7, 11) is 0. The highest BCUT2D eigenvalue weighted by Gasteiger charge is 1.79. The summed E-state index contributed by atoms with van der Waals surface area (Å²) in [6.45, 7) is 5.84. The van der Waals surface area contributed by atoms with Crippen molar-refractivity contribution in [1.82, 2.24) is 0 Å². The van der Waals surface area contributed by atoms with Gasteiger partial charge in [-0.25, -0.2) is 0 Å². The van der Waals surface area contributed by atoms with E-state index in [2.05, 4.69) is 20.9 Å². The minimum atomic E-state index is 0.924. The lowest BCUT2D eigenvalue weighted by Crippen LogP contribution is -1.74. The summed E-state index contributed by atoms with van der Waals surface area (Å²) in [5.74, 6) is 0. The SMILES string of the molecule is C/C=C(/C)N=C(C)Br. The number of hydrogen-bond acceptors (Lipinski definition) is 1. The average Bonchev–Trinajstić information content (AvgIpc) is 1.65. The average molecular weight is 176 g/mol. The Kier molecular flexibility index (Phi) is 3.79. The maximum absolute atomic E-state index is 4.09. The van der Waals surface area contributed by atoms with E-state index in [-0.39, 0.29) is 0 Å². The standard InChI is InChI=1S/C6H10BrN/c1-4-5(2)8-6(3)7/h4H,1-3H3/b5-4-,8-6?. The van der Waals surface area contributed by atoms with E-state index in [9.17, 15) is 0 Å². The molecule has 0 aromatic rings. The van der Waals surface area contributed by atoms with Gasteiger partial charge in [0.2, 0.25) is 0 Å². The molecule has 1 nitrogen and oxygen atoms in total. The molecule has 0 aliphatic carbocycles. The van der Waals surface area contributed by atoms with Crippen molar-refractivity contribution in [2.24, 2.45) is 4.99 Å². The Labute approximate surface area is 58.6 Å². The monoisotopic (exact) mass is 175 g/mol. The molecule has 0 rings (SSSR count). The normalized spacial score (nSPS) is 14.5. The van der Waals surface area contributed by atoms with Crippen LogP contribution in [0.2, 0.25) is 0 Å². The Bertz CT molecular complexity index is 120. The second-order valence-electron chi connectivity index (χ2n) is 1.54. The summed E-state index contributed by atoms with van der Waals surface area (Å²) in [5, 5.41) is 0. The van der Waals surface area contributed by atoms with Gasteiger partial charge in [-0.1, -0.05) is 6.08 Å². The maximum atomic E-state index is 4.09. The highest BCUT2D eigenvalue weighted by molar-refractivity contribution is 9.18. The van der Waals surface area contributed by atoms with Gasteiger partial charge in [0.05, 0.1) is 4.62 Å². The van der Waals surface area contributed by atoms with Gasteiger partial charge in [0.15, 0.2) is 0 Å². The van der Waals surface area contributed by atoms with Crippen LogP contribution in [-0.2, 0) is 0 Å². The molecule has 0 N–H and O–H groups in total. The van der Waals surface area contributed by atoms with Crippen molar-refractivity contribution < 1.29 is 0 Å². The molecule has 0 aromatic carbocycles. The molecule has 0 saturated heterocycles. The van der Waals surface area contributed by atoms with E-state index in [4.69, 9.17) is 0 Å². The predicted octanol–water partition coefficient (Wildman–Crippen LogP) is 2.72. The molecule has 0 unspecified atom stereocenters. The van der Waals surface area contributed by atoms with Gasteiger partial charge in [-0.15, -0.1) is 0 Å². The summed E-state index contributed by atoms with van der Waals surface area (Å²) in [4.78, 5) is 4.09. The summed E-state index contributed by atoms with van der Waals surface area (Å²) in [5.41, 5.74) is 1.04. The van der Waals surface area contributed by atoms with Crippen LogP contribution < -0.4 is 0 Å². The van der Waals surface area contributed by atoms with E-state index in [1.54, 1.807) is 0 Å². The smallest absolute Gasteiger partial charge is 0.0801 e. The molecule has 8 heavy (non-hydrogen) atoms. The van der Waals surface area contributed by atoms with Crippen LogP contribution in [0.3, 0.4) is 0 Å². The third-order valence-electron chi connectivity index (χ3n) is 0.748. The summed E-state index contributed by atoms with van der Waals surface area (Å²) >= 11 is 3.22. The summed E-state index contributed by atoms with van der Waals surface area (Å²) in [6, 6.07) is 0. The van der Waals surface area contributed by atoms with Crippen LogP contribution in [-0.4, -0.2) is 4.62 Å². The molecule has 0 aromatic heterocycles. The van der Waals surface area contributed by atoms with E-state index >= 15 is 0 Å². The Morgan fingerprint density at radius 1 is 1.50 bits per heavy atom. The fourth-order valence-corrected chi connectivity index (χ4v) is 0.587. The Morgan fingerprint density at radius 3 is 2.12 bits per heavy atom. The van der Waals surface area contributed by atoms with Gasteiger partial charge in [-0.3, -0.25) is 4.99 Å². The summed E-state index contributed by atoms with van der Waals surface area (Å²) < 4.78 is 0.924. The van der Waals surface area contributed by atoms with Gasteiger partial charge in [-0.2, -0.15) is 0 Å². The van der Waals surface area contributed by atoms with Gasteiger partial charge < -0.3 is 0 Å². The maximum Gasteiger partial charge on any atom is 0.0801 e. The fourth-order valence-electron chi connectivity index (χ4n) is 0.308. The van der Waals surface area contributed by atoms with Crippen LogP contribution in [0, 0.1) is 0 Å². The highest BCUT2D eigenvalue weighted by atomic mass is 79.9. The number of allylic oxidation sites excluding steroid dienone is 2. The molecule has 0 radical (unpaired) electrons. The van der Waals surface area contributed by atoms with Crippen LogP contribution in [0.15, 0.2) is 16.8 Å². The van der Waals surface area contributed by atoms with Gasteiger partial charge in [0, 0.05) is 5.70 Å². The van der Waals surface area contributed by atoms with Gasteiger partial charge in [-0.05, 0) is 36.7 Å². The third kappa shape index (κ3) is 4.06. The molecule has 46 valence electrons. The molecule has 0 amide bonds. The number of rotatable bonds is 1. The lowest BCUT2D eigenvalue weighted by atomic mass is 10.5. The lowest BCUT2D eigenvalue weighted by molar-refractivity contribution is 1.29. The number of nitrogens with zero attached hydrogens (tertiary/aromatic N) is 1. The molecule has 0 atom stereocenters. The second-order valence-corrected chi connectivity index (χ2v) is 2.69. The van der Waals surface area contributed by atoms with Crippen molar-refractivity contribution >= 4 is 20.6 Å². The third-order valence-corrected chi connectivity index (χ3v) is 0.926. The zero-order chi connectivity index (χ0) is 6.57. The Balaban J connectivity index is 3.89. The van der Waals surface area contributed by atoms with E-state index in [1.807, 2.05) is 26.8 Å². The van der Waals surface area contributed by atoms with Crippen LogP contribution in [0.4, 0.5) is 0 Å². The van der Waals surface area contributed by atoms with E-state index in [0.29, 0.717) is 0 Å². The van der Waals surface area contributed by atoms with Crippen molar-refractivity contribution in [3.63, 3.8) is 0 Å². The van der Waals surface area contributed by atoms with Crippen molar-refractivity contribution in [2.45, 2.75) is 20.8 Å². The van der Waals surface area contributed by atoms with E-state index in [1.165, 1.54) is 0 Å². The first-order chi connectivity index (χ1) is 3.66. The number of aliphatic imine (C=N–C) groups is 1. The van der Waals surface area contributed by atoms with Gasteiger partial charge in [0.25, 0.3) is 0 Å². The molecule has 2 heteroatoms. The van der Waals surface area contributed by atoms with Crippen LogP contribution in [0.1, 0.15) is 20.8 Å². The van der Waals surface area contributed by atoms with Gasteiger partial charge >= 0.3 is 0 Å². The van der Waals surface area contributed by atoms with Crippen molar-refractivity contribution in [3.05, 3.63) is 11.8 Å². The zero-order valence-corrected chi connectivity index (χ0v) is 6.99. The van der Waals surface area contributed by atoms with Crippen molar-refractivity contribution in [1.29, 1.82) is 0 Å². The molecular formula is C6H10BrN. The first-order valence-corrected chi connectivity index (χ1v) is 3.30. The van der Waals surface area contributed by atoms with E-state index in [0.717, 1.165) is 10.3 Å². The second kappa shape index (κ2) is 3.84. The number of halogens is 1. The predicted molar refractivity (Wildman–Crippen MR) is 41.5 cm³/mol. The topological polar surface area (TPSA) is 12.4 Å². The summed E-state index contributed by atoms with van der Waals surface area (Å²) in [6.07, 6.45) is 1.96. The molecule has 0 saturated carbocycles.